The molecule has 1 unspecified atom stereocenters. The average molecular weight is 391 g/mol. The van der Waals surface area contributed by atoms with Gasteiger partial charge in [-0.25, -0.2) is 4.68 Å². The van der Waals surface area contributed by atoms with Crippen LogP contribution in [-0.4, -0.2) is 44.8 Å². The van der Waals surface area contributed by atoms with E-state index in [1.54, 1.807) is 24.4 Å². The number of hydrogen-bond acceptors (Lipinski definition) is 3. The molecule has 0 aliphatic carbocycles. The minimum Gasteiger partial charge on any atom is -0.481 e. The molecule has 1 saturated heterocycles. The van der Waals surface area contributed by atoms with Crippen LogP contribution in [0.3, 0.4) is 0 Å². The largest absolute Gasteiger partial charge is 0.481 e. The van der Waals surface area contributed by atoms with Crippen molar-refractivity contribution in [3.63, 3.8) is 0 Å². The molecule has 2 aromatic rings. The van der Waals surface area contributed by atoms with Crippen LogP contribution in [0.25, 0.3) is 5.69 Å². The van der Waals surface area contributed by atoms with Crippen molar-refractivity contribution in [2.45, 2.75) is 6.42 Å². The molecule has 1 aliphatic rings. The van der Waals surface area contributed by atoms with E-state index in [1.807, 2.05) is 0 Å². The predicted octanol–water partition coefficient (Wildman–Crippen LogP) is 3.15. The van der Waals surface area contributed by atoms with E-state index in [-0.39, 0.29) is 24.9 Å². The monoisotopic (exact) mass is 389 g/mol. The molecule has 2 heterocycles. The topological polar surface area (TPSA) is 75.4 Å². The molecule has 128 valence electrons. The summed E-state index contributed by atoms with van der Waals surface area (Å²) in [7, 11) is 0. The molecule has 1 aromatic heterocycles. The molecule has 9 heteroatoms. The fourth-order valence-electron chi connectivity index (χ4n) is 2.56. The van der Waals surface area contributed by atoms with E-state index in [0.717, 1.165) is 0 Å². The first-order valence-corrected chi connectivity index (χ1v) is 7.73. The Balaban J connectivity index is 0.00000208. The maximum Gasteiger partial charge on any atom is 0.308 e. The van der Waals surface area contributed by atoms with Crippen LogP contribution in [0, 0.1) is 5.92 Å². The van der Waals surface area contributed by atoms with E-state index in [4.69, 9.17) is 28.3 Å². The van der Waals surface area contributed by atoms with Crippen molar-refractivity contribution in [3.8, 4) is 5.69 Å². The number of amides is 1. The van der Waals surface area contributed by atoms with Crippen molar-refractivity contribution < 1.29 is 14.7 Å². The fraction of sp³-hybridized carbons (Fsp3) is 0.267. The van der Waals surface area contributed by atoms with E-state index in [0.29, 0.717) is 34.3 Å². The number of rotatable bonds is 3. The molecule has 3 rings (SSSR count). The standard InChI is InChI=1S/C15H13Cl2N3O3.ClH/c16-11-1-2-13(12(17)5-11)20-8-10(6-18-20)14(21)19-4-3-9(7-19)15(22)23;/h1-2,5-6,8-9H,3-4,7H2,(H,22,23);1H. The van der Waals surface area contributed by atoms with Crippen LogP contribution in [0.4, 0.5) is 0 Å². The minimum atomic E-state index is -0.871. The number of aromatic nitrogens is 2. The number of aliphatic carboxylic acids is 1. The fourth-order valence-corrected chi connectivity index (χ4v) is 3.06. The molecule has 0 saturated carbocycles. The maximum atomic E-state index is 12.4. The summed E-state index contributed by atoms with van der Waals surface area (Å²) in [6.45, 7) is 0.656. The van der Waals surface area contributed by atoms with Gasteiger partial charge in [-0.05, 0) is 24.6 Å². The number of carbonyl (C=O) groups excluding carboxylic acids is 1. The van der Waals surface area contributed by atoms with E-state index in [9.17, 15) is 9.59 Å². The zero-order valence-electron chi connectivity index (χ0n) is 12.4. The number of halogens is 3. The number of carboxylic acids is 1. The number of carboxylic acid groups (broad SMARTS) is 1. The molecule has 6 nitrogen and oxygen atoms in total. The lowest BCUT2D eigenvalue weighted by Gasteiger charge is -2.14. The van der Waals surface area contributed by atoms with Gasteiger partial charge in [0.15, 0.2) is 0 Å². The van der Waals surface area contributed by atoms with Gasteiger partial charge in [0.1, 0.15) is 0 Å². The van der Waals surface area contributed by atoms with Crippen LogP contribution in [0.15, 0.2) is 30.6 Å². The van der Waals surface area contributed by atoms with Crippen molar-refractivity contribution in [2.75, 3.05) is 13.1 Å². The zero-order valence-corrected chi connectivity index (χ0v) is 14.7. The first-order valence-electron chi connectivity index (χ1n) is 6.98. The van der Waals surface area contributed by atoms with Crippen molar-refractivity contribution in [3.05, 3.63) is 46.2 Å². The van der Waals surface area contributed by atoms with Gasteiger partial charge in [-0.15, -0.1) is 12.4 Å². The molecule has 1 amide bonds. The van der Waals surface area contributed by atoms with E-state index in [1.165, 1.54) is 15.8 Å². The molecule has 1 fully saturated rings. The van der Waals surface area contributed by atoms with Gasteiger partial charge in [-0.1, -0.05) is 23.2 Å². The normalized spacial score (nSPS) is 16.8. The van der Waals surface area contributed by atoms with Crippen LogP contribution in [0.1, 0.15) is 16.8 Å². The zero-order chi connectivity index (χ0) is 16.6. The highest BCUT2D eigenvalue weighted by Gasteiger charge is 2.31. The minimum absolute atomic E-state index is 0. The highest BCUT2D eigenvalue weighted by atomic mass is 35.5. The van der Waals surface area contributed by atoms with Crippen LogP contribution >= 0.6 is 35.6 Å². The summed E-state index contributed by atoms with van der Waals surface area (Å²) in [6, 6.07) is 4.99. The van der Waals surface area contributed by atoms with Gasteiger partial charge >= 0.3 is 5.97 Å². The Hall–Kier alpha value is -1.76. The quantitative estimate of drug-likeness (QED) is 0.873. The Kier molecular flexibility index (Phi) is 5.74. The molecule has 0 bridgehead atoms. The number of hydrogen-bond donors (Lipinski definition) is 1. The lowest BCUT2D eigenvalue weighted by atomic mass is 10.1. The van der Waals surface area contributed by atoms with Crippen LogP contribution in [0.2, 0.25) is 10.0 Å². The smallest absolute Gasteiger partial charge is 0.308 e. The summed E-state index contributed by atoms with van der Waals surface area (Å²) < 4.78 is 1.50. The molecule has 1 aliphatic heterocycles. The van der Waals surface area contributed by atoms with Gasteiger partial charge in [0.2, 0.25) is 0 Å². The second-order valence-corrected chi connectivity index (χ2v) is 6.19. The van der Waals surface area contributed by atoms with Crippen molar-refractivity contribution in [2.24, 2.45) is 5.92 Å². The lowest BCUT2D eigenvalue weighted by Crippen LogP contribution is -2.29. The van der Waals surface area contributed by atoms with Gasteiger partial charge in [-0.2, -0.15) is 5.10 Å². The molecule has 1 aromatic carbocycles. The van der Waals surface area contributed by atoms with Crippen molar-refractivity contribution in [1.29, 1.82) is 0 Å². The highest BCUT2D eigenvalue weighted by Crippen LogP contribution is 2.25. The molecule has 0 radical (unpaired) electrons. The van der Waals surface area contributed by atoms with Gasteiger partial charge in [0.25, 0.3) is 5.91 Å². The molecule has 24 heavy (non-hydrogen) atoms. The Morgan fingerprint density at radius 1 is 1.29 bits per heavy atom. The van der Waals surface area contributed by atoms with Crippen LogP contribution < -0.4 is 0 Å². The van der Waals surface area contributed by atoms with E-state index >= 15 is 0 Å². The van der Waals surface area contributed by atoms with E-state index < -0.39 is 11.9 Å². The third kappa shape index (κ3) is 3.66. The lowest BCUT2D eigenvalue weighted by molar-refractivity contribution is -0.141. The first-order chi connectivity index (χ1) is 11.0. The molecular formula is C15H14Cl3N3O3. The summed E-state index contributed by atoms with van der Waals surface area (Å²) in [5.41, 5.74) is 1.00. The Bertz CT molecular complexity index is 778. The molecular weight excluding hydrogens is 377 g/mol. The van der Waals surface area contributed by atoms with Crippen molar-refractivity contribution in [1.82, 2.24) is 14.7 Å². The highest BCUT2D eigenvalue weighted by molar-refractivity contribution is 6.35. The second-order valence-electron chi connectivity index (χ2n) is 5.34. The summed E-state index contributed by atoms with van der Waals surface area (Å²) in [5, 5.41) is 14.1. The predicted molar refractivity (Wildman–Crippen MR) is 92.5 cm³/mol. The third-order valence-corrected chi connectivity index (χ3v) is 4.35. The molecule has 1 N–H and O–H groups in total. The number of likely N-dealkylation sites (tertiary alicyclic amines) is 1. The van der Waals surface area contributed by atoms with Crippen LogP contribution in [0.5, 0.6) is 0 Å². The van der Waals surface area contributed by atoms with Gasteiger partial charge in [0, 0.05) is 24.3 Å². The molecule has 1 atom stereocenters. The number of nitrogens with zero attached hydrogens (tertiary/aromatic N) is 3. The summed E-state index contributed by atoms with van der Waals surface area (Å²) in [6.07, 6.45) is 3.49. The molecule has 0 spiro atoms. The Morgan fingerprint density at radius 3 is 2.67 bits per heavy atom. The summed E-state index contributed by atoms with van der Waals surface area (Å²) >= 11 is 12.0. The van der Waals surface area contributed by atoms with E-state index in [2.05, 4.69) is 5.10 Å². The third-order valence-electron chi connectivity index (χ3n) is 3.81. The van der Waals surface area contributed by atoms with Gasteiger partial charge in [-0.3, -0.25) is 9.59 Å². The summed E-state index contributed by atoms with van der Waals surface area (Å²) in [5.74, 6) is -1.60. The van der Waals surface area contributed by atoms with Crippen LogP contribution in [-0.2, 0) is 4.79 Å². The average Bonchev–Trinajstić information content (AvgIpc) is 3.16. The van der Waals surface area contributed by atoms with Crippen molar-refractivity contribution >= 4 is 47.5 Å². The number of benzene rings is 1. The van der Waals surface area contributed by atoms with Gasteiger partial charge in [0.05, 0.1) is 28.4 Å². The van der Waals surface area contributed by atoms with Gasteiger partial charge < -0.3 is 10.0 Å². The summed E-state index contributed by atoms with van der Waals surface area (Å²) in [4.78, 5) is 24.9. The number of carbonyl (C=O) groups is 2. The second kappa shape index (κ2) is 7.42. The Labute approximate surface area is 154 Å². The Morgan fingerprint density at radius 2 is 2.04 bits per heavy atom. The maximum absolute atomic E-state index is 12.4. The first kappa shape index (κ1) is 18.6. The SMILES string of the molecule is Cl.O=C(O)C1CCN(C(=O)c2cnn(-c3ccc(Cl)cc3Cl)c2)C1.